The van der Waals surface area contributed by atoms with Gasteiger partial charge in [-0.2, -0.15) is 0 Å². The van der Waals surface area contributed by atoms with Crippen LogP contribution in [0.1, 0.15) is 73.6 Å². The zero-order valence-corrected chi connectivity index (χ0v) is 36.6. The van der Waals surface area contributed by atoms with Crippen LogP contribution in [0.15, 0.2) is 136 Å². The molecular weight excluding hydrogens is 769 g/mol. The van der Waals surface area contributed by atoms with E-state index in [9.17, 15) is 0 Å². The Morgan fingerprint density at radius 3 is 1.45 bits per heavy atom. The molecule has 0 bridgehead atoms. The largest absolute Gasteiger partial charge is 0.454 e. The number of aromatic nitrogens is 2. The van der Waals surface area contributed by atoms with E-state index in [1.54, 1.807) is 0 Å². The van der Waals surface area contributed by atoms with Gasteiger partial charge in [-0.25, -0.2) is 4.98 Å². The van der Waals surface area contributed by atoms with Crippen LogP contribution in [0.4, 0.5) is 0 Å². The number of rotatable bonds is 8. The molecule has 11 rings (SSSR count). The summed E-state index contributed by atoms with van der Waals surface area (Å²) < 4.78 is 9.74. The van der Waals surface area contributed by atoms with Gasteiger partial charge in [0.25, 0.3) is 0 Å². The van der Waals surface area contributed by atoms with E-state index >= 15 is 0 Å². The fourth-order valence-electron chi connectivity index (χ4n) is 10.3. The zero-order valence-electron chi connectivity index (χ0n) is 35.0. The topological polar surface area (TPSA) is 31.0 Å². The van der Waals surface area contributed by atoms with Gasteiger partial charge in [0.1, 0.15) is 11.2 Å². The Kier molecular flexibility index (Phi) is 9.66. The SMILES string of the molecule is Cc1cccc(C)c1-c1cc(-c2cc(SC3CCCC3)c3oc4c(SC5CCCC5)cc(-n5c6ccccc6c6ccccc65)cc4c3c2)cc(-c2c(C)cccc2C)n1. The van der Waals surface area contributed by atoms with Crippen LogP contribution in [0.5, 0.6) is 0 Å². The molecule has 5 heteroatoms. The Morgan fingerprint density at radius 1 is 0.483 bits per heavy atom. The summed E-state index contributed by atoms with van der Waals surface area (Å²) in [6.07, 6.45) is 10.2. The predicted octanol–water partition coefficient (Wildman–Crippen LogP) is 16.4. The summed E-state index contributed by atoms with van der Waals surface area (Å²) in [5, 5.41) is 6.14. The van der Waals surface area contributed by atoms with Gasteiger partial charge in [0.2, 0.25) is 0 Å². The Bertz CT molecular complexity index is 2960. The lowest BCUT2D eigenvalue weighted by molar-refractivity contribution is 0.651. The summed E-state index contributed by atoms with van der Waals surface area (Å²) in [6, 6.07) is 45.3. The molecule has 2 saturated carbocycles. The molecule has 2 aliphatic carbocycles. The minimum Gasteiger partial charge on any atom is -0.454 e. The smallest absolute Gasteiger partial charge is 0.149 e. The van der Waals surface area contributed by atoms with Crippen molar-refractivity contribution >= 4 is 67.3 Å². The molecule has 0 aliphatic heterocycles. The second kappa shape index (κ2) is 15.3. The summed E-state index contributed by atoms with van der Waals surface area (Å²) in [5.41, 5.74) is 17.5. The molecule has 0 amide bonds. The number of thioether (sulfide) groups is 2. The third-order valence-electron chi connectivity index (χ3n) is 13.3. The van der Waals surface area contributed by atoms with Crippen molar-refractivity contribution in [1.29, 1.82) is 0 Å². The Labute approximate surface area is 361 Å². The second-order valence-corrected chi connectivity index (χ2v) is 20.0. The molecule has 6 aromatic carbocycles. The molecule has 3 heterocycles. The standard InChI is InChI=1S/C55H50N2OS2/c1-33-15-13-16-34(2)52(33)46-28-38(29-47(56-46)53-35(3)17-14-18-36(53)4)37-27-44-45-31-39(57-48-25-11-9-23-42(48)43-24-10-12-26-49(43)57)32-51(60-41-21-7-8-22-41)55(45)58-54(44)50(30-37)59-40-19-5-6-20-40/h9-18,23-32,40-41H,5-8,19-22H2,1-4H3. The number of fused-ring (bicyclic) bond motifs is 6. The molecule has 2 fully saturated rings. The fraction of sp³-hybridized carbons (Fsp3) is 0.255. The maximum Gasteiger partial charge on any atom is 0.149 e. The highest BCUT2D eigenvalue weighted by Crippen LogP contribution is 2.48. The van der Waals surface area contributed by atoms with E-state index in [0.29, 0.717) is 10.5 Å². The van der Waals surface area contributed by atoms with Crippen LogP contribution >= 0.6 is 23.5 Å². The zero-order chi connectivity index (χ0) is 40.5. The lowest BCUT2D eigenvalue weighted by Gasteiger charge is -2.17. The predicted molar refractivity (Wildman–Crippen MR) is 257 cm³/mol. The highest BCUT2D eigenvalue weighted by molar-refractivity contribution is 8.00. The number of pyridine rings is 1. The van der Waals surface area contributed by atoms with Crippen molar-refractivity contribution in [2.75, 3.05) is 0 Å². The first-order valence-corrected chi connectivity index (χ1v) is 23.7. The van der Waals surface area contributed by atoms with E-state index in [2.05, 4.69) is 154 Å². The molecule has 0 saturated heterocycles. The van der Waals surface area contributed by atoms with Gasteiger partial charge in [-0.15, -0.1) is 23.5 Å². The van der Waals surface area contributed by atoms with Crippen molar-refractivity contribution in [1.82, 2.24) is 9.55 Å². The third-order valence-corrected chi connectivity index (χ3v) is 16.0. The molecule has 298 valence electrons. The van der Waals surface area contributed by atoms with Crippen molar-refractivity contribution in [3.63, 3.8) is 0 Å². The number of furan rings is 1. The quantitative estimate of drug-likeness (QED) is 0.153. The summed E-state index contributed by atoms with van der Waals surface area (Å²) in [4.78, 5) is 7.98. The number of nitrogens with zero attached hydrogens (tertiary/aromatic N) is 2. The van der Waals surface area contributed by atoms with Crippen LogP contribution in [0.2, 0.25) is 0 Å². The monoisotopic (exact) mass is 818 g/mol. The minimum atomic E-state index is 0.588. The van der Waals surface area contributed by atoms with E-state index in [-0.39, 0.29) is 0 Å². The number of benzene rings is 6. The third kappa shape index (κ3) is 6.57. The lowest BCUT2D eigenvalue weighted by Crippen LogP contribution is -1.98. The van der Waals surface area contributed by atoms with Crippen LogP contribution in [-0.4, -0.2) is 20.1 Å². The Hall–Kier alpha value is -5.23. The van der Waals surface area contributed by atoms with Crippen LogP contribution in [0.3, 0.4) is 0 Å². The molecular formula is C55H50N2OS2. The van der Waals surface area contributed by atoms with Gasteiger partial charge in [0, 0.05) is 48.9 Å². The average Bonchev–Trinajstić information content (AvgIpc) is 4.08. The summed E-state index contributed by atoms with van der Waals surface area (Å²) in [5.74, 6) is 0. The first-order valence-electron chi connectivity index (χ1n) is 21.9. The first-order chi connectivity index (χ1) is 29.4. The average molecular weight is 819 g/mol. The molecule has 3 nitrogen and oxygen atoms in total. The molecule has 0 atom stereocenters. The summed E-state index contributed by atoms with van der Waals surface area (Å²) >= 11 is 4.08. The normalized spacial score (nSPS) is 15.1. The van der Waals surface area contributed by atoms with E-state index in [0.717, 1.165) is 22.6 Å². The Morgan fingerprint density at radius 2 is 0.933 bits per heavy atom. The molecule has 60 heavy (non-hydrogen) atoms. The lowest BCUT2D eigenvalue weighted by atomic mass is 9.93. The van der Waals surface area contributed by atoms with Crippen molar-refractivity contribution in [2.45, 2.75) is 99.4 Å². The van der Waals surface area contributed by atoms with Gasteiger partial charge >= 0.3 is 0 Å². The van der Waals surface area contributed by atoms with Crippen LogP contribution in [0, 0.1) is 27.7 Å². The molecule has 3 aromatic heterocycles. The molecule has 0 unspecified atom stereocenters. The maximum absolute atomic E-state index is 7.26. The van der Waals surface area contributed by atoms with Gasteiger partial charge in [0.05, 0.1) is 32.2 Å². The highest BCUT2D eigenvalue weighted by Gasteiger charge is 2.26. The number of hydrogen-bond acceptors (Lipinski definition) is 4. The molecule has 9 aromatic rings. The van der Waals surface area contributed by atoms with Crippen molar-refractivity contribution in [3.05, 3.63) is 144 Å². The number of hydrogen-bond donors (Lipinski definition) is 0. The molecule has 0 radical (unpaired) electrons. The van der Waals surface area contributed by atoms with Crippen LogP contribution < -0.4 is 0 Å². The maximum atomic E-state index is 7.26. The first kappa shape index (κ1) is 37.7. The van der Waals surface area contributed by atoms with Gasteiger partial charge in [-0.3, -0.25) is 0 Å². The number of aryl methyl sites for hydroxylation is 4. The van der Waals surface area contributed by atoms with Crippen LogP contribution in [-0.2, 0) is 0 Å². The van der Waals surface area contributed by atoms with E-state index in [1.807, 2.05) is 23.5 Å². The molecule has 2 aliphatic rings. The second-order valence-electron chi connectivity index (χ2n) is 17.4. The van der Waals surface area contributed by atoms with E-state index in [4.69, 9.17) is 9.40 Å². The molecule has 0 N–H and O–H groups in total. The molecule has 0 spiro atoms. The van der Waals surface area contributed by atoms with Crippen molar-refractivity contribution in [3.8, 4) is 39.3 Å². The summed E-state index contributed by atoms with van der Waals surface area (Å²) in [7, 11) is 0. The van der Waals surface area contributed by atoms with Gasteiger partial charge in [0.15, 0.2) is 0 Å². The highest BCUT2D eigenvalue weighted by atomic mass is 32.2. The Balaban J connectivity index is 1.20. The van der Waals surface area contributed by atoms with Gasteiger partial charge in [-0.05, 0) is 135 Å². The fourth-order valence-corrected chi connectivity index (χ4v) is 13.1. The van der Waals surface area contributed by atoms with Gasteiger partial charge in [-0.1, -0.05) is 98.5 Å². The van der Waals surface area contributed by atoms with Crippen molar-refractivity contribution < 1.29 is 4.42 Å². The van der Waals surface area contributed by atoms with Crippen molar-refractivity contribution in [2.24, 2.45) is 0 Å². The van der Waals surface area contributed by atoms with Crippen LogP contribution in [0.25, 0.3) is 83.1 Å². The minimum absolute atomic E-state index is 0.588. The van der Waals surface area contributed by atoms with E-state index in [1.165, 1.54) is 144 Å². The number of para-hydroxylation sites is 2. The van der Waals surface area contributed by atoms with E-state index < -0.39 is 0 Å². The van der Waals surface area contributed by atoms with Gasteiger partial charge < -0.3 is 8.98 Å². The summed E-state index contributed by atoms with van der Waals surface area (Å²) in [6.45, 7) is 8.85.